The Labute approximate surface area is 121 Å². The number of nitrogens with zero attached hydrogens (tertiary/aromatic N) is 2. The summed E-state index contributed by atoms with van der Waals surface area (Å²) in [6.45, 7) is 0. The summed E-state index contributed by atoms with van der Waals surface area (Å²) in [6.07, 6.45) is -4.65. The number of hydrogen-bond acceptors (Lipinski definition) is 2. The molecule has 7 heteroatoms. The van der Waals surface area contributed by atoms with Crippen LogP contribution in [0.4, 0.5) is 22.0 Å². The second-order valence-electron chi connectivity index (χ2n) is 4.27. The van der Waals surface area contributed by atoms with Crippen LogP contribution in [0.5, 0.6) is 0 Å². The Morgan fingerprint density at radius 1 is 0.864 bits per heavy atom. The SMILES string of the molecule is N#Cc1cc(C(F)(F)F)ccc1-c1ccc(F)c(C#N)c1F. The molecule has 0 amide bonds. The predicted octanol–water partition coefficient (Wildman–Crippen LogP) is 4.39. The van der Waals surface area contributed by atoms with Crippen LogP contribution in [0.3, 0.4) is 0 Å². The zero-order valence-electron chi connectivity index (χ0n) is 10.7. The second-order valence-corrected chi connectivity index (χ2v) is 4.27. The van der Waals surface area contributed by atoms with E-state index >= 15 is 0 Å². The minimum atomic E-state index is -4.65. The summed E-state index contributed by atoms with van der Waals surface area (Å²) in [5, 5.41) is 17.7. The van der Waals surface area contributed by atoms with Crippen molar-refractivity contribution in [3.05, 3.63) is 58.7 Å². The average molecular weight is 308 g/mol. The topological polar surface area (TPSA) is 47.6 Å². The first-order chi connectivity index (χ1) is 10.3. The normalized spacial score (nSPS) is 10.9. The van der Waals surface area contributed by atoms with Gasteiger partial charge in [0.15, 0.2) is 5.82 Å². The van der Waals surface area contributed by atoms with Crippen molar-refractivity contribution in [1.82, 2.24) is 0 Å². The average Bonchev–Trinajstić information content (AvgIpc) is 2.46. The van der Waals surface area contributed by atoms with Crippen LogP contribution < -0.4 is 0 Å². The molecule has 0 aliphatic carbocycles. The van der Waals surface area contributed by atoms with Crippen molar-refractivity contribution < 1.29 is 22.0 Å². The molecule has 0 atom stereocenters. The number of alkyl halides is 3. The Morgan fingerprint density at radius 3 is 2.05 bits per heavy atom. The van der Waals surface area contributed by atoms with Crippen LogP contribution in [0.15, 0.2) is 30.3 Å². The quantitative estimate of drug-likeness (QED) is 0.733. The van der Waals surface area contributed by atoms with Gasteiger partial charge in [0.05, 0.1) is 17.2 Å². The van der Waals surface area contributed by atoms with E-state index in [0.29, 0.717) is 12.1 Å². The van der Waals surface area contributed by atoms with Gasteiger partial charge in [-0.05, 0) is 24.3 Å². The van der Waals surface area contributed by atoms with Crippen molar-refractivity contribution in [2.45, 2.75) is 6.18 Å². The fourth-order valence-corrected chi connectivity index (χ4v) is 1.91. The van der Waals surface area contributed by atoms with Gasteiger partial charge in [-0.1, -0.05) is 6.07 Å². The first-order valence-corrected chi connectivity index (χ1v) is 5.79. The molecule has 0 unspecified atom stereocenters. The highest BCUT2D eigenvalue weighted by Crippen LogP contribution is 2.34. The first kappa shape index (κ1) is 15.5. The molecule has 2 nitrogen and oxygen atoms in total. The molecule has 0 aliphatic heterocycles. The monoisotopic (exact) mass is 308 g/mol. The second kappa shape index (κ2) is 5.45. The molecule has 2 aromatic rings. The molecule has 0 aliphatic rings. The lowest BCUT2D eigenvalue weighted by molar-refractivity contribution is -0.137. The van der Waals surface area contributed by atoms with E-state index in [1.165, 1.54) is 6.07 Å². The zero-order chi connectivity index (χ0) is 16.5. The van der Waals surface area contributed by atoms with Crippen molar-refractivity contribution in [1.29, 1.82) is 10.5 Å². The van der Waals surface area contributed by atoms with E-state index in [9.17, 15) is 22.0 Å². The van der Waals surface area contributed by atoms with E-state index in [-0.39, 0.29) is 11.1 Å². The van der Waals surface area contributed by atoms with Crippen LogP contribution in [0, 0.1) is 34.3 Å². The Morgan fingerprint density at radius 2 is 1.50 bits per heavy atom. The molecule has 0 saturated heterocycles. The van der Waals surface area contributed by atoms with Crippen molar-refractivity contribution in [2.75, 3.05) is 0 Å². The van der Waals surface area contributed by atoms with E-state index in [1.807, 2.05) is 0 Å². The van der Waals surface area contributed by atoms with Gasteiger partial charge in [-0.3, -0.25) is 0 Å². The van der Waals surface area contributed by atoms with Crippen molar-refractivity contribution >= 4 is 0 Å². The van der Waals surface area contributed by atoms with Gasteiger partial charge >= 0.3 is 6.18 Å². The number of nitriles is 2. The molecular weight excluding hydrogens is 303 g/mol. The van der Waals surface area contributed by atoms with Crippen molar-refractivity contribution in [2.24, 2.45) is 0 Å². The maximum absolute atomic E-state index is 14.1. The lowest BCUT2D eigenvalue weighted by Gasteiger charge is -2.11. The Hall–Kier alpha value is -2.93. The summed E-state index contributed by atoms with van der Waals surface area (Å²) in [5.74, 6) is -2.31. The minimum Gasteiger partial charge on any atom is -0.205 e. The van der Waals surface area contributed by atoms with Gasteiger partial charge in [0.1, 0.15) is 17.4 Å². The third-order valence-corrected chi connectivity index (χ3v) is 2.96. The highest BCUT2D eigenvalue weighted by Gasteiger charge is 2.31. The highest BCUT2D eigenvalue weighted by atomic mass is 19.4. The zero-order valence-corrected chi connectivity index (χ0v) is 10.7. The largest absolute Gasteiger partial charge is 0.416 e. The molecule has 22 heavy (non-hydrogen) atoms. The molecule has 0 fully saturated rings. The van der Waals surface area contributed by atoms with E-state index in [4.69, 9.17) is 10.5 Å². The van der Waals surface area contributed by atoms with Crippen LogP contribution >= 0.6 is 0 Å². The molecule has 0 aromatic heterocycles. The van der Waals surface area contributed by atoms with Crippen LogP contribution in [0.25, 0.3) is 11.1 Å². The van der Waals surface area contributed by atoms with Crippen molar-refractivity contribution in [3.8, 4) is 23.3 Å². The lowest BCUT2D eigenvalue weighted by Crippen LogP contribution is -2.05. The predicted molar refractivity (Wildman–Crippen MR) is 66.2 cm³/mol. The molecule has 0 heterocycles. The van der Waals surface area contributed by atoms with Gasteiger partial charge in [-0.2, -0.15) is 23.7 Å². The summed E-state index contributed by atoms with van der Waals surface area (Å²) in [5.41, 5.74) is -2.81. The summed E-state index contributed by atoms with van der Waals surface area (Å²) in [6, 6.07) is 6.83. The van der Waals surface area contributed by atoms with Gasteiger partial charge in [-0.25, -0.2) is 8.78 Å². The Kier molecular flexibility index (Phi) is 3.83. The summed E-state index contributed by atoms with van der Waals surface area (Å²) in [4.78, 5) is 0. The molecule has 110 valence electrons. The van der Waals surface area contributed by atoms with Crippen LogP contribution in [0.2, 0.25) is 0 Å². The molecule has 0 spiro atoms. The number of rotatable bonds is 1. The van der Waals surface area contributed by atoms with Crippen molar-refractivity contribution in [3.63, 3.8) is 0 Å². The smallest absolute Gasteiger partial charge is 0.205 e. The molecule has 0 radical (unpaired) electrons. The molecule has 0 bridgehead atoms. The summed E-state index contributed by atoms with van der Waals surface area (Å²) < 4.78 is 65.2. The number of benzene rings is 2. The van der Waals surface area contributed by atoms with Crippen LogP contribution in [-0.4, -0.2) is 0 Å². The van der Waals surface area contributed by atoms with E-state index in [2.05, 4.69) is 0 Å². The molecular formula is C15H5F5N2. The number of hydrogen-bond donors (Lipinski definition) is 0. The van der Waals surface area contributed by atoms with Gasteiger partial charge < -0.3 is 0 Å². The first-order valence-electron chi connectivity index (χ1n) is 5.79. The Balaban J connectivity index is 2.70. The van der Waals surface area contributed by atoms with Crippen LogP contribution in [-0.2, 0) is 6.18 Å². The van der Waals surface area contributed by atoms with Gasteiger partial charge in [0.25, 0.3) is 0 Å². The van der Waals surface area contributed by atoms with Gasteiger partial charge in [-0.15, -0.1) is 0 Å². The summed E-state index contributed by atoms with van der Waals surface area (Å²) >= 11 is 0. The standard InChI is InChI=1S/C15H5F5N2/c16-13-4-3-11(14(17)12(13)7-22)10-2-1-9(15(18,19)20)5-8(10)6-21/h1-5H. The summed E-state index contributed by atoms with van der Waals surface area (Å²) in [7, 11) is 0. The van der Waals surface area contributed by atoms with E-state index in [1.54, 1.807) is 6.07 Å². The molecule has 0 saturated carbocycles. The van der Waals surface area contributed by atoms with Crippen LogP contribution in [0.1, 0.15) is 16.7 Å². The van der Waals surface area contributed by atoms with Gasteiger partial charge in [0.2, 0.25) is 0 Å². The molecule has 2 aromatic carbocycles. The fourth-order valence-electron chi connectivity index (χ4n) is 1.91. The maximum atomic E-state index is 14.1. The van der Waals surface area contributed by atoms with Gasteiger partial charge in [0, 0.05) is 11.1 Å². The highest BCUT2D eigenvalue weighted by molar-refractivity contribution is 5.73. The molecule has 2 rings (SSSR count). The third-order valence-electron chi connectivity index (χ3n) is 2.96. The van der Waals surface area contributed by atoms with E-state index < -0.39 is 34.5 Å². The molecule has 0 N–H and O–H groups in total. The lowest BCUT2D eigenvalue weighted by atomic mass is 9.96. The third kappa shape index (κ3) is 2.61. The fraction of sp³-hybridized carbons (Fsp3) is 0.0667. The Bertz CT molecular complexity index is 826. The number of halogens is 5. The van der Waals surface area contributed by atoms with E-state index in [0.717, 1.165) is 18.2 Å². The maximum Gasteiger partial charge on any atom is 0.416 e. The minimum absolute atomic E-state index is 0.149.